The molecule has 0 spiro atoms. The number of hydrogen-bond donors (Lipinski definition) is 1. The number of rotatable bonds is 5. The van der Waals surface area contributed by atoms with Crippen LogP contribution in [0.5, 0.6) is 5.75 Å². The quantitative estimate of drug-likeness (QED) is 0.827. The van der Waals surface area contributed by atoms with Gasteiger partial charge in [-0.25, -0.2) is 8.42 Å². The SMILES string of the molecule is COC(=O)C(C)(C)NS(=O)(=O)c1ccc(OC)c(C)c1. The summed E-state index contributed by atoms with van der Waals surface area (Å²) in [5.41, 5.74) is -0.659. The Bertz CT molecular complexity index is 607. The monoisotopic (exact) mass is 301 g/mol. The van der Waals surface area contributed by atoms with Crippen LogP contribution in [0.3, 0.4) is 0 Å². The Morgan fingerprint density at radius 1 is 1.25 bits per heavy atom. The van der Waals surface area contributed by atoms with Gasteiger partial charge in [-0.2, -0.15) is 4.72 Å². The fourth-order valence-electron chi connectivity index (χ4n) is 1.71. The van der Waals surface area contributed by atoms with Gasteiger partial charge in [-0.3, -0.25) is 4.79 Å². The van der Waals surface area contributed by atoms with E-state index in [0.29, 0.717) is 11.3 Å². The molecular weight excluding hydrogens is 282 g/mol. The Balaban J connectivity index is 3.12. The molecule has 0 saturated carbocycles. The maximum atomic E-state index is 12.3. The number of methoxy groups -OCH3 is 2. The topological polar surface area (TPSA) is 81.7 Å². The molecule has 0 fully saturated rings. The fourth-order valence-corrected chi connectivity index (χ4v) is 3.16. The van der Waals surface area contributed by atoms with Crippen molar-refractivity contribution in [2.24, 2.45) is 0 Å². The standard InChI is InChI=1S/C13H19NO5S/c1-9-8-10(6-7-11(9)18-4)20(16,17)14-13(2,3)12(15)19-5/h6-8,14H,1-5H3. The van der Waals surface area contributed by atoms with E-state index < -0.39 is 21.5 Å². The van der Waals surface area contributed by atoms with Gasteiger partial charge in [0, 0.05) is 0 Å². The second-order valence-electron chi connectivity index (χ2n) is 4.85. The van der Waals surface area contributed by atoms with Gasteiger partial charge in [0.1, 0.15) is 11.3 Å². The number of aryl methyl sites for hydroxylation is 1. The molecule has 0 radical (unpaired) electrons. The number of esters is 1. The zero-order chi connectivity index (χ0) is 15.6. The average molecular weight is 301 g/mol. The smallest absolute Gasteiger partial charge is 0.326 e. The van der Waals surface area contributed by atoms with E-state index in [1.165, 1.54) is 40.2 Å². The highest BCUT2D eigenvalue weighted by Gasteiger charge is 2.34. The van der Waals surface area contributed by atoms with Gasteiger partial charge in [0.05, 0.1) is 19.1 Å². The largest absolute Gasteiger partial charge is 0.496 e. The molecule has 0 atom stereocenters. The van der Waals surface area contributed by atoms with Gasteiger partial charge in [0.25, 0.3) is 0 Å². The summed E-state index contributed by atoms with van der Waals surface area (Å²) in [6.07, 6.45) is 0. The second kappa shape index (κ2) is 5.80. The van der Waals surface area contributed by atoms with Crippen molar-refractivity contribution in [1.29, 1.82) is 0 Å². The van der Waals surface area contributed by atoms with Crippen LogP contribution in [0.25, 0.3) is 0 Å². The summed E-state index contributed by atoms with van der Waals surface area (Å²) in [5, 5.41) is 0. The van der Waals surface area contributed by atoms with Crippen molar-refractivity contribution >= 4 is 16.0 Å². The fraction of sp³-hybridized carbons (Fsp3) is 0.462. The Kier molecular flexibility index (Phi) is 4.77. The summed E-state index contributed by atoms with van der Waals surface area (Å²) in [6, 6.07) is 4.46. The maximum Gasteiger partial charge on any atom is 0.326 e. The van der Waals surface area contributed by atoms with Gasteiger partial charge in [-0.15, -0.1) is 0 Å². The third kappa shape index (κ3) is 3.49. The molecular formula is C13H19NO5S. The first kappa shape index (κ1) is 16.5. The van der Waals surface area contributed by atoms with Crippen LogP contribution in [0.1, 0.15) is 19.4 Å². The summed E-state index contributed by atoms with van der Waals surface area (Å²) in [5.74, 6) is -0.0671. The van der Waals surface area contributed by atoms with Crippen molar-refractivity contribution in [1.82, 2.24) is 4.72 Å². The lowest BCUT2D eigenvalue weighted by Gasteiger charge is -2.23. The Hall–Kier alpha value is -1.60. The van der Waals surface area contributed by atoms with E-state index in [0.717, 1.165) is 0 Å². The first-order valence-corrected chi connectivity index (χ1v) is 7.39. The van der Waals surface area contributed by atoms with Gasteiger partial charge in [-0.1, -0.05) is 0 Å². The van der Waals surface area contributed by atoms with Gasteiger partial charge < -0.3 is 9.47 Å². The van der Waals surface area contributed by atoms with Crippen molar-refractivity contribution < 1.29 is 22.7 Å². The molecule has 1 aromatic rings. The zero-order valence-corrected chi connectivity index (χ0v) is 13.0. The lowest BCUT2D eigenvalue weighted by Crippen LogP contribution is -2.50. The Morgan fingerprint density at radius 2 is 1.85 bits per heavy atom. The molecule has 0 unspecified atom stereocenters. The average Bonchev–Trinajstić information content (AvgIpc) is 2.36. The van der Waals surface area contributed by atoms with Crippen molar-refractivity contribution in [3.63, 3.8) is 0 Å². The minimum absolute atomic E-state index is 0.0628. The van der Waals surface area contributed by atoms with Crippen LogP contribution in [-0.4, -0.2) is 34.1 Å². The third-order valence-electron chi connectivity index (χ3n) is 2.76. The molecule has 1 aromatic carbocycles. The molecule has 0 amide bonds. The molecule has 0 aliphatic heterocycles. The molecule has 1 rings (SSSR count). The molecule has 7 heteroatoms. The van der Waals surface area contributed by atoms with E-state index in [1.807, 2.05) is 0 Å². The van der Waals surface area contributed by atoms with E-state index in [2.05, 4.69) is 9.46 Å². The van der Waals surface area contributed by atoms with Crippen LogP contribution >= 0.6 is 0 Å². The number of hydrogen-bond acceptors (Lipinski definition) is 5. The van der Waals surface area contributed by atoms with E-state index in [-0.39, 0.29) is 4.90 Å². The first-order valence-electron chi connectivity index (χ1n) is 5.91. The van der Waals surface area contributed by atoms with Crippen molar-refractivity contribution in [2.45, 2.75) is 31.2 Å². The first-order chi connectivity index (χ1) is 9.14. The van der Waals surface area contributed by atoms with Crippen molar-refractivity contribution in [3.05, 3.63) is 23.8 Å². The molecule has 112 valence electrons. The summed E-state index contributed by atoms with van der Waals surface area (Å²) in [4.78, 5) is 11.6. The van der Waals surface area contributed by atoms with Crippen LogP contribution in [0.2, 0.25) is 0 Å². The van der Waals surface area contributed by atoms with Crippen LogP contribution < -0.4 is 9.46 Å². The molecule has 0 saturated heterocycles. The number of ether oxygens (including phenoxy) is 2. The lowest BCUT2D eigenvalue weighted by atomic mass is 10.1. The lowest BCUT2D eigenvalue weighted by molar-refractivity contribution is -0.146. The van der Waals surface area contributed by atoms with E-state index in [4.69, 9.17) is 4.74 Å². The summed E-state index contributed by atoms with van der Waals surface area (Å²) < 4.78 is 36.5. The minimum Gasteiger partial charge on any atom is -0.496 e. The Morgan fingerprint density at radius 3 is 2.30 bits per heavy atom. The summed E-state index contributed by atoms with van der Waals surface area (Å²) >= 11 is 0. The highest BCUT2D eigenvalue weighted by Crippen LogP contribution is 2.22. The molecule has 0 heterocycles. The van der Waals surface area contributed by atoms with E-state index in [9.17, 15) is 13.2 Å². The van der Waals surface area contributed by atoms with Crippen LogP contribution in [0, 0.1) is 6.92 Å². The molecule has 0 aliphatic rings. The maximum absolute atomic E-state index is 12.3. The van der Waals surface area contributed by atoms with Crippen molar-refractivity contribution in [2.75, 3.05) is 14.2 Å². The molecule has 6 nitrogen and oxygen atoms in total. The number of benzene rings is 1. The van der Waals surface area contributed by atoms with Gasteiger partial charge in [0.15, 0.2) is 0 Å². The highest BCUT2D eigenvalue weighted by molar-refractivity contribution is 7.89. The minimum atomic E-state index is -3.83. The van der Waals surface area contributed by atoms with E-state index >= 15 is 0 Å². The molecule has 0 bridgehead atoms. The molecule has 0 aromatic heterocycles. The number of sulfonamides is 1. The van der Waals surface area contributed by atoms with Crippen LogP contribution in [0.15, 0.2) is 23.1 Å². The van der Waals surface area contributed by atoms with Crippen LogP contribution in [0.4, 0.5) is 0 Å². The van der Waals surface area contributed by atoms with Gasteiger partial charge in [-0.05, 0) is 44.5 Å². The van der Waals surface area contributed by atoms with Gasteiger partial charge >= 0.3 is 5.97 Å². The normalized spacial score (nSPS) is 12.1. The summed E-state index contributed by atoms with van der Waals surface area (Å²) in [7, 11) is -1.11. The number of nitrogens with one attached hydrogen (secondary N) is 1. The third-order valence-corrected chi connectivity index (χ3v) is 4.42. The Labute approximate surface area is 119 Å². The predicted molar refractivity (Wildman–Crippen MR) is 74.1 cm³/mol. The van der Waals surface area contributed by atoms with Crippen molar-refractivity contribution in [3.8, 4) is 5.75 Å². The summed E-state index contributed by atoms with van der Waals surface area (Å²) in [6.45, 7) is 4.61. The highest BCUT2D eigenvalue weighted by atomic mass is 32.2. The molecule has 0 aliphatic carbocycles. The zero-order valence-electron chi connectivity index (χ0n) is 12.2. The predicted octanol–water partition coefficient (Wildman–Crippen LogP) is 1.23. The van der Waals surface area contributed by atoms with Crippen LogP contribution in [-0.2, 0) is 19.6 Å². The number of carbonyl (C=O) groups excluding carboxylic acids is 1. The second-order valence-corrected chi connectivity index (χ2v) is 6.54. The molecule has 1 N–H and O–H groups in total. The van der Waals surface area contributed by atoms with E-state index in [1.54, 1.807) is 13.0 Å². The van der Waals surface area contributed by atoms with Gasteiger partial charge in [0.2, 0.25) is 10.0 Å². The number of carbonyl (C=O) groups is 1. The molecule has 20 heavy (non-hydrogen) atoms.